The molecule has 0 saturated carbocycles. The van der Waals surface area contributed by atoms with Gasteiger partial charge in [-0.1, -0.05) is 76.9 Å². The highest BCUT2D eigenvalue weighted by molar-refractivity contribution is 8.00. The second kappa shape index (κ2) is 33.4. The van der Waals surface area contributed by atoms with E-state index in [1.165, 1.54) is 43.4 Å². The van der Waals surface area contributed by atoms with Gasteiger partial charge in [0.2, 0.25) is 5.91 Å². The van der Waals surface area contributed by atoms with E-state index in [2.05, 4.69) is 40.3 Å². The first kappa shape index (κ1) is 59.2. The van der Waals surface area contributed by atoms with E-state index in [9.17, 15) is 64.8 Å². The summed E-state index contributed by atoms with van der Waals surface area (Å²) in [5.41, 5.74) is 0. The van der Waals surface area contributed by atoms with E-state index in [4.69, 9.17) is 14.2 Å². The summed E-state index contributed by atoms with van der Waals surface area (Å²) in [6.45, 7) is -0.419. The quantitative estimate of drug-likeness (QED) is 0.0165. The molecule has 0 aromatic carbocycles. The van der Waals surface area contributed by atoms with Crippen molar-refractivity contribution in [3.63, 3.8) is 0 Å². The first-order valence-corrected chi connectivity index (χ1v) is 25.7. The van der Waals surface area contributed by atoms with Gasteiger partial charge in [0.05, 0.1) is 25.3 Å². The zero-order valence-corrected chi connectivity index (χ0v) is 40.5. The number of carbonyl (C=O) groups is 5. The number of allylic oxidation sites excluding steroid dienone is 2. The highest BCUT2D eigenvalue weighted by Crippen LogP contribution is 2.33. The summed E-state index contributed by atoms with van der Waals surface area (Å²) in [6, 6.07) is 0.0502. The molecule has 0 spiro atoms. The van der Waals surface area contributed by atoms with Crippen LogP contribution in [-0.4, -0.2) is 200 Å². The van der Waals surface area contributed by atoms with Gasteiger partial charge in [0.15, 0.2) is 19.0 Å². The number of nitrogens with zero attached hydrogens (tertiary/aromatic N) is 1. The number of aliphatic hydroxyl groups excluding tert-OH is 8. The van der Waals surface area contributed by atoms with Crippen LogP contribution in [0.4, 0.5) is 4.79 Å². The zero-order valence-electron chi connectivity index (χ0n) is 39.7. The molecule has 12 atom stereocenters. The number of carbonyl (C=O) groups excluding carboxylic acids is 5. The Bertz CT molecular complexity index is 1520. The van der Waals surface area contributed by atoms with Crippen molar-refractivity contribution in [3.05, 3.63) is 12.2 Å². The molecule has 392 valence electrons. The first-order valence-electron chi connectivity index (χ1n) is 24.6. The number of amides is 5. The van der Waals surface area contributed by atoms with Crippen LogP contribution in [0, 0.1) is 0 Å². The molecule has 21 nitrogen and oxygen atoms in total. The van der Waals surface area contributed by atoms with E-state index in [1.54, 1.807) is 11.8 Å². The van der Waals surface area contributed by atoms with Gasteiger partial charge in [-0.25, -0.2) is 4.79 Å². The summed E-state index contributed by atoms with van der Waals surface area (Å²) < 4.78 is 15.8. The van der Waals surface area contributed by atoms with Crippen LogP contribution in [0.5, 0.6) is 0 Å². The average molecular weight is 992 g/mol. The number of nitrogens with one attached hydrogen (secondary N) is 4. The molecule has 3 saturated heterocycles. The van der Waals surface area contributed by atoms with Gasteiger partial charge >= 0.3 is 12.0 Å². The predicted octanol–water partition coefficient (Wildman–Crippen LogP) is -0.386. The lowest BCUT2D eigenvalue weighted by molar-refractivity contribution is -0.326. The maximum atomic E-state index is 13.4. The molecule has 3 rings (SSSR count). The van der Waals surface area contributed by atoms with Crippen LogP contribution >= 0.6 is 11.8 Å². The fourth-order valence-corrected chi connectivity index (χ4v) is 9.86. The summed E-state index contributed by atoms with van der Waals surface area (Å²) in [7, 11) is 0. The third kappa shape index (κ3) is 21.1. The molecule has 0 aromatic rings. The molecule has 0 radical (unpaired) electrons. The Labute approximate surface area is 404 Å². The van der Waals surface area contributed by atoms with E-state index in [-0.39, 0.29) is 68.3 Å². The van der Waals surface area contributed by atoms with E-state index >= 15 is 0 Å². The van der Waals surface area contributed by atoms with Gasteiger partial charge in [0.1, 0.15) is 42.7 Å². The fourth-order valence-electron chi connectivity index (χ4n) is 8.31. The van der Waals surface area contributed by atoms with Crippen molar-refractivity contribution in [2.75, 3.05) is 51.8 Å². The van der Waals surface area contributed by atoms with Crippen molar-refractivity contribution in [1.82, 2.24) is 26.2 Å². The normalized spacial score (nSPS) is 25.2. The molecule has 68 heavy (non-hydrogen) atoms. The number of hydrogen-bond donors (Lipinski definition) is 12. The van der Waals surface area contributed by atoms with Gasteiger partial charge < -0.3 is 81.2 Å². The third-order valence-corrected chi connectivity index (χ3v) is 14.0. The summed E-state index contributed by atoms with van der Waals surface area (Å²) in [6.07, 6.45) is 3.90. The lowest BCUT2D eigenvalue weighted by Gasteiger charge is -2.42. The molecule has 0 aliphatic carbocycles. The molecule has 6 unspecified atom stereocenters. The number of fused-ring (bicyclic) bond motifs is 1. The predicted molar refractivity (Wildman–Crippen MR) is 251 cm³/mol. The number of rotatable bonds is 36. The molecule has 3 fully saturated rings. The minimum absolute atomic E-state index is 0.00752. The number of esters is 1. The van der Waals surface area contributed by atoms with Crippen molar-refractivity contribution in [2.24, 2.45) is 0 Å². The lowest BCUT2D eigenvalue weighted by Crippen LogP contribution is -2.62. The van der Waals surface area contributed by atoms with Crippen molar-refractivity contribution >= 4 is 41.5 Å². The standard InChI is InChI=1S/C46H81N5O16S/c1-2-3-4-5-6-7-8-9-10-11-12-13-14-15-16-20-35(56)51(24-22-47-34(55)28-65-36(57)21-18-17-19-33-37-30(29-68-33)49-46(64)50-37)25-23-48-44(63)41(61)40(60)43(31(54)26-52)67-45-42(62)39(59)38(58)32(27-53)66-45/h9-10,30-33,37-43,45,52-54,58-62H,2-8,11-29H2,1H3,(H,47,55)(H,48,63)(H2,49,50,64)/b10-9+/t30-,31?,32?,33-,37-,38+,39+,40?,41?,42?,43?,45+/m1/s1. The monoisotopic (exact) mass is 992 g/mol. The van der Waals surface area contributed by atoms with Crippen LogP contribution in [0.1, 0.15) is 122 Å². The Morgan fingerprint density at radius 3 is 2.12 bits per heavy atom. The molecule has 12 N–H and O–H groups in total. The van der Waals surface area contributed by atoms with Crippen molar-refractivity contribution < 1.29 is 79.0 Å². The Hall–Kier alpha value is -3.16. The van der Waals surface area contributed by atoms with Crippen LogP contribution in [0.2, 0.25) is 0 Å². The molecule has 3 aliphatic heterocycles. The molecule has 5 amide bonds. The maximum absolute atomic E-state index is 13.4. The smallest absolute Gasteiger partial charge is 0.315 e. The van der Waals surface area contributed by atoms with Gasteiger partial charge in [-0.3, -0.25) is 19.2 Å². The number of urea groups is 1. The van der Waals surface area contributed by atoms with Crippen molar-refractivity contribution in [3.8, 4) is 0 Å². The molecular weight excluding hydrogens is 911 g/mol. The fraction of sp³-hybridized carbons (Fsp3) is 0.848. The highest BCUT2D eigenvalue weighted by atomic mass is 32.2. The molecule has 0 bridgehead atoms. The van der Waals surface area contributed by atoms with Crippen molar-refractivity contribution in [1.29, 1.82) is 0 Å². The largest absolute Gasteiger partial charge is 0.456 e. The second-order valence-electron chi connectivity index (χ2n) is 17.9. The Kier molecular flexibility index (Phi) is 29.1. The Morgan fingerprint density at radius 1 is 0.824 bits per heavy atom. The van der Waals surface area contributed by atoms with Gasteiger partial charge in [-0.2, -0.15) is 11.8 Å². The van der Waals surface area contributed by atoms with E-state index in [1.807, 2.05) is 0 Å². The van der Waals surface area contributed by atoms with Crippen LogP contribution < -0.4 is 21.3 Å². The summed E-state index contributed by atoms with van der Waals surface area (Å²) >= 11 is 1.79. The molecular formula is C46H81N5O16S. The van der Waals surface area contributed by atoms with Crippen LogP contribution in [-0.2, 0) is 33.4 Å². The molecule has 22 heteroatoms. The van der Waals surface area contributed by atoms with Crippen LogP contribution in [0.25, 0.3) is 0 Å². The maximum Gasteiger partial charge on any atom is 0.315 e. The summed E-state index contributed by atoms with van der Waals surface area (Å²) in [5, 5.41) is 92.8. The molecule has 3 heterocycles. The number of aliphatic hydroxyl groups is 8. The first-order chi connectivity index (χ1) is 32.7. The summed E-state index contributed by atoms with van der Waals surface area (Å²) in [4.78, 5) is 64.4. The van der Waals surface area contributed by atoms with Gasteiger partial charge in [0, 0.05) is 50.0 Å². The second-order valence-corrected chi connectivity index (χ2v) is 19.1. The zero-order chi connectivity index (χ0) is 49.8. The van der Waals surface area contributed by atoms with Gasteiger partial charge in [-0.05, 0) is 44.9 Å². The van der Waals surface area contributed by atoms with Crippen LogP contribution in [0.3, 0.4) is 0 Å². The SMILES string of the molecule is CCCCCCCC/C=C/CCCCCCCC(=O)N(CCNC(=O)COC(=O)CCCC[C@H]1SC[C@H]2NC(=O)N[C@H]21)CCNC(=O)C(O)C(O)C(O[C@@H]1OC(CO)[C@H](O)[C@H](O)C1O)C(O)CO. The average Bonchev–Trinajstić information content (AvgIpc) is 3.89. The number of hydrogen-bond acceptors (Lipinski definition) is 17. The number of unbranched alkanes of at least 4 members (excludes halogenated alkanes) is 12. The lowest BCUT2D eigenvalue weighted by atomic mass is 9.98. The topological polar surface area (TPSA) is 326 Å². The van der Waals surface area contributed by atoms with Crippen molar-refractivity contribution in [2.45, 2.75) is 195 Å². The molecule has 0 aromatic heterocycles. The van der Waals surface area contributed by atoms with E-state index in [0.29, 0.717) is 12.8 Å². The minimum Gasteiger partial charge on any atom is -0.456 e. The molecule has 3 aliphatic rings. The van der Waals surface area contributed by atoms with Gasteiger partial charge in [-0.15, -0.1) is 0 Å². The third-order valence-electron chi connectivity index (χ3n) is 12.4. The van der Waals surface area contributed by atoms with Gasteiger partial charge in [0.25, 0.3) is 11.8 Å². The van der Waals surface area contributed by atoms with E-state index in [0.717, 1.165) is 57.1 Å². The Balaban J connectivity index is 1.45. The highest BCUT2D eigenvalue weighted by Gasteiger charge is 2.47. The van der Waals surface area contributed by atoms with Crippen LogP contribution in [0.15, 0.2) is 12.2 Å². The number of ether oxygens (including phenoxy) is 3. The van der Waals surface area contributed by atoms with E-state index < -0.39 is 92.7 Å². The minimum atomic E-state index is -2.29. The Morgan fingerprint density at radius 2 is 1.46 bits per heavy atom. The number of thioether (sulfide) groups is 1. The summed E-state index contributed by atoms with van der Waals surface area (Å²) in [5.74, 6) is -1.66.